The number of nitrogens with one attached hydrogen (secondary N) is 1. The van der Waals surface area contributed by atoms with E-state index < -0.39 is 29.4 Å². The lowest BCUT2D eigenvalue weighted by molar-refractivity contribution is -0.384. The molecule has 0 radical (unpaired) electrons. The summed E-state index contributed by atoms with van der Waals surface area (Å²) < 4.78 is 1.66. The van der Waals surface area contributed by atoms with Crippen molar-refractivity contribution in [3.63, 3.8) is 0 Å². The Hall–Kier alpha value is -3.95. The Kier molecular flexibility index (Phi) is 4.23. The van der Waals surface area contributed by atoms with E-state index in [1.165, 1.54) is 18.2 Å². The quantitative estimate of drug-likeness (QED) is 0.359. The third kappa shape index (κ3) is 3.15. The Balaban J connectivity index is 1.90. The number of imide groups is 1. The number of aromatic nitrogens is 1. The molecule has 10 heteroatoms. The SMILES string of the molecule is O=C(O)CN1C(=O)N/C(=C/c2cccn2-c2ccc([N+](=O)[O-])cc2)C1=O. The summed E-state index contributed by atoms with van der Waals surface area (Å²) in [6.07, 6.45) is 3.09. The molecule has 1 aromatic heterocycles. The number of carbonyl (C=O) groups excluding carboxylic acids is 2. The van der Waals surface area contributed by atoms with Gasteiger partial charge in [-0.05, 0) is 30.3 Å². The lowest BCUT2D eigenvalue weighted by atomic mass is 10.2. The smallest absolute Gasteiger partial charge is 0.329 e. The summed E-state index contributed by atoms with van der Waals surface area (Å²) in [5.74, 6) is -2.04. The number of nitro benzene ring substituents is 1. The standard InChI is InChI=1S/C16H12N4O6/c21-14(22)9-19-15(23)13(17-16(19)24)8-12-2-1-7-18(12)10-3-5-11(6-4-10)20(25)26/h1-8H,9H2,(H,17,24)(H,21,22)/b13-8+. The Morgan fingerprint density at radius 3 is 2.54 bits per heavy atom. The molecule has 0 aliphatic carbocycles. The van der Waals surface area contributed by atoms with E-state index in [1.807, 2.05) is 0 Å². The van der Waals surface area contributed by atoms with Gasteiger partial charge in [0.25, 0.3) is 11.6 Å². The number of hydrogen-bond acceptors (Lipinski definition) is 5. The second-order valence-electron chi connectivity index (χ2n) is 5.35. The van der Waals surface area contributed by atoms with E-state index in [9.17, 15) is 24.5 Å². The van der Waals surface area contributed by atoms with Gasteiger partial charge in [0.2, 0.25) is 0 Å². The van der Waals surface area contributed by atoms with Crippen molar-refractivity contribution in [3.05, 3.63) is 64.1 Å². The zero-order valence-electron chi connectivity index (χ0n) is 13.2. The molecule has 3 rings (SSSR count). The van der Waals surface area contributed by atoms with Gasteiger partial charge in [-0.1, -0.05) is 0 Å². The van der Waals surface area contributed by atoms with Crippen molar-refractivity contribution in [1.82, 2.24) is 14.8 Å². The second-order valence-corrected chi connectivity index (χ2v) is 5.35. The van der Waals surface area contributed by atoms with Crippen LogP contribution in [0.3, 0.4) is 0 Å². The molecule has 10 nitrogen and oxygen atoms in total. The molecule has 0 saturated carbocycles. The highest BCUT2D eigenvalue weighted by Crippen LogP contribution is 2.20. The maximum atomic E-state index is 12.2. The molecule has 1 aliphatic heterocycles. The number of carboxylic acid groups (broad SMARTS) is 1. The molecule has 2 aromatic rings. The van der Waals surface area contributed by atoms with Gasteiger partial charge in [0, 0.05) is 29.7 Å². The number of carboxylic acids is 1. The molecule has 0 unspecified atom stereocenters. The molecule has 1 aromatic carbocycles. The molecule has 0 bridgehead atoms. The number of hydrogen-bond donors (Lipinski definition) is 2. The van der Waals surface area contributed by atoms with E-state index in [1.54, 1.807) is 35.0 Å². The first-order chi connectivity index (χ1) is 12.4. The van der Waals surface area contributed by atoms with Gasteiger partial charge in [0.05, 0.1) is 4.92 Å². The van der Waals surface area contributed by atoms with Crippen molar-refractivity contribution in [1.29, 1.82) is 0 Å². The van der Waals surface area contributed by atoms with Crippen LogP contribution in [0.2, 0.25) is 0 Å². The normalized spacial score (nSPS) is 15.4. The lowest BCUT2D eigenvalue weighted by Crippen LogP contribution is -2.35. The first kappa shape index (κ1) is 16.9. The van der Waals surface area contributed by atoms with E-state index in [-0.39, 0.29) is 11.4 Å². The third-order valence-corrected chi connectivity index (χ3v) is 3.67. The molecular weight excluding hydrogens is 344 g/mol. The Labute approximate surface area is 146 Å². The molecule has 0 spiro atoms. The number of nitrogens with zero attached hydrogens (tertiary/aromatic N) is 3. The summed E-state index contributed by atoms with van der Waals surface area (Å²) in [7, 11) is 0. The number of urea groups is 1. The summed E-state index contributed by atoms with van der Waals surface area (Å²) in [6, 6.07) is 8.36. The number of carbonyl (C=O) groups is 3. The fraction of sp³-hybridized carbons (Fsp3) is 0.0625. The fourth-order valence-electron chi connectivity index (χ4n) is 2.48. The van der Waals surface area contributed by atoms with Crippen LogP contribution in [0, 0.1) is 10.1 Å². The monoisotopic (exact) mass is 356 g/mol. The van der Waals surface area contributed by atoms with Gasteiger partial charge in [-0.2, -0.15) is 0 Å². The molecule has 1 fully saturated rings. The van der Waals surface area contributed by atoms with Crippen LogP contribution in [0.5, 0.6) is 0 Å². The van der Waals surface area contributed by atoms with E-state index in [2.05, 4.69) is 5.32 Å². The maximum Gasteiger partial charge on any atom is 0.329 e. The van der Waals surface area contributed by atoms with Gasteiger partial charge in [-0.15, -0.1) is 0 Å². The summed E-state index contributed by atoms with van der Waals surface area (Å²) in [5, 5.41) is 21.8. The van der Waals surface area contributed by atoms with E-state index in [0.29, 0.717) is 16.3 Å². The zero-order chi connectivity index (χ0) is 18.8. The molecule has 1 saturated heterocycles. The molecule has 26 heavy (non-hydrogen) atoms. The number of non-ortho nitro benzene ring substituents is 1. The molecule has 2 heterocycles. The fourth-order valence-corrected chi connectivity index (χ4v) is 2.48. The summed E-state index contributed by atoms with van der Waals surface area (Å²) in [5.41, 5.74) is 1.03. The van der Waals surface area contributed by atoms with Crippen LogP contribution in [0.25, 0.3) is 11.8 Å². The first-order valence-corrected chi connectivity index (χ1v) is 7.35. The molecule has 3 amide bonds. The van der Waals surface area contributed by atoms with Crippen LogP contribution in [0.1, 0.15) is 5.69 Å². The number of benzene rings is 1. The van der Waals surface area contributed by atoms with E-state index >= 15 is 0 Å². The number of aliphatic carboxylic acids is 1. The Morgan fingerprint density at radius 1 is 1.23 bits per heavy atom. The van der Waals surface area contributed by atoms with Crippen LogP contribution in [0.4, 0.5) is 10.5 Å². The predicted molar refractivity (Wildman–Crippen MR) is 88.3 cm³/mol. The minimum absolute atomic E-state index is 0.0524. The summed E-state index contributed by atoms with van der Waals surface area (Å²) in [4.78, 5) is 45.5. The maximum absolute atomic E-state index is 12.2. The van der Waals surface area contributed by atoms with Crippen molar-refractivity contribution in [3.8, 4) is 5.69 Å². The topological polar surface area (TPSA) is 135 Å². The van der Waals surface area contributed by atoms with Gasteiger partial charge in [-0.25, -0.2) is 9.69 Å². The predicted octanol–water partition coefficient (Wildman–Crippen LogP) is 1.36. The van der Waals surface area contributed by atoms with Crippen molar-refractivity contribution in [2.24, 2.45) is 0 Å². The molecule has 132 valence electrons. The van der Waals surface area contributed by atoms with Crippen molar-refractivity contribution in [2.45, 2.75) is 0 Å². The highest BCUT2D eigenvalue weighted by Gasteiger charge is 2.35. The van der Waals surface area contributed by atoms with Gasteiger partial charge >= 0.3 is 12.0 Å². The molecule has 0 atom stereocenters. The average Bonchev–Trinajstić information content (AvgIpc) is 3.15. The largest absolute Gasteiger partial charge is 0.480 e. The van der Waals surface area contributed by atoms with Crippen molar-refractivity contribution < 1.29 is 24.4 Å². The van der Waals surface area contributed by atoms with E-state index in [4.69, 9.17) is 5.11 Å². The van der Waals surface area contributed by atoms with Crippen LogP contribution in [0.15, 0.2) is 48.3 Å². The second kappa shape index (κ2) is 6.51. The number of nitro groups is 1. The summed E-state index contributed by atoms with van der Waals surface area (Å²) in [6.45, 7) is -0.731. The molecule has 1 aliphatic rings. The summed E-state index contributed by atoms with van der Waals surface area (Å²) >= 11 is 0. The van der Waals surface area contributed by atoms with Gasteiger partial charge < -0.3 is 15.0 Å². The first-order valence-electron chi connectivity index (χ1n) is 7.35. The third-order valence-electron chi connectivity index (χ3n) is 3.67. The number of amides is 3. The Morgan fingerprint density at radius 2 is 1.92 bits per heavy atom. The van der Waals surface area contributed by atoms with Crippen molar-refractivity contribution in [2.75, 3.05) is 6.54 Å². The zero-order valence-corrected chi connectivity index (χ0v) is 13.2. The van der Waals surface area contributed by atoms with Gasteiger partial charge in [-0.3, -0.25) is 19.7 Å². The number of rotatable bonds is 5. The average molecular weight is 356 g/mol. The van der Waals surface area contributed by atoms with Gasteiger partial charge in [0.1, 0.15) is 12.2 Å². The lowest BCUT2D eigenvalue weighted by Gasteiger charge is -2.08. The van der Waals surface area contributed by atoms with Crippen LogP contribution >= 0.6 is 0 Å². The highest BCUT2D eigenvalue weighted by molar-refractivity contribution is 6.15. The van der Waals surface area contributed by atoms with E-state index in [0.717, 1.165) is 0 Å². The van der Waals surface area contributed by atoms with Crippen LogP contribution < -0.4 is 5.32 Å². The molecule has 2 N–H and O–H groups in total. The van der Waals surface area contributed by atoms with Crippen LogP contribution in [-0.2, 0) is 9.59 Å². The van der Waals surface area contributed by atoms with Crippen LogP contribution in [-0.4, -0.2) is 43.9 Å². The minimum atomic E-state index is -1.30. The molecular formula is C16H12N4O6. The highest BCUT2D eigenvalue weighted by atomic mass is 16.6. The van der Waals surface area contributed by atoms with Gasteiger partial charge in [0.15, 0.2) is 0 Å². The van der Waals surface area contributed by atoms with Crippen molar-refractivity contribution >= 4 is 29.7 Å². The Bertz CT molecular complexity index is 944. The minimum Gasteiger partial charge on any atom is -0.480 e.